The topological polar surface area (TPSA) is 54.4 Å². The molecule has 0 unspecified atom stereocenters. The summed E-state index contributed by atoms with van der Waals surface area (Å²) in [6.07, 6.45) is 1.59. The number of fused-ring (bicyclic) bond motifs is 3. The minimum atomic E-state index is -0.808. The second-order valence-electron chi connectivity index (χ2n) is 8.06. The van der Waals surface area contributed by atoms with E-state index in [9.17, 15) is 14.7 Å². The van der Waals surface area contributed by atoms with Gasteiger partial charge in [-0.15, -0.1) is 0 Å². The Morgan fingerprint density at radius 3 is 2.57 bits per heavy atom. The molecule has 0 amide bonds. The second-order valence-corrected chi connectivity index (χ2v) is 8.06. The maximum absolute atomic E-state index is 12.8. The normalized spacial score (nSPS) is 33.6. The van der Waals surface area contributed by atoms with Crippen molar-refractivity contribution in [3.63, 3.8) is 0 Å². The predicted molar refractivity (Wildman–Crippen MR) is 89.8 cm³/mol. The molecule has 23 heavy (non-hydrogen) atoms. The average Bonchev–Trinajstić information content (AvgIpc) is 2.53. The number of Topliss-reactive ketones (excluding diaryl/α,β-unsaturated/α-hetero) is 2. The fraction of sp³-hybridized carbons (Fsp3) is 0.600. The molecule has 0 aromatic heterocycles. The van der Waals surface area contributed by atoms with Crippen LogP contribution >= 0.6 is 0 Å². The van der Waals surface area contributed by atoms with Crippen LogP contribution in [0.5, 0.6) is 0 Å². The van der Waals surface area contributed by atoms with Crippen molar-refractivity contribution in [1.82, 2.24) is 0 Å². The first-order valence-electron chi connectivity index (χ1n) is 8.56. The Bertz CT molecular complexity index is 675. The molecule has 1 aromatic rings. The van der Waals surface area contributed by atoms with Crippen LogP contribution in [0, 0.1) is 11.3 Å². The molecule has 3 atom stereocenters. The Morgan fingerprint density at radius 2 is 1.96 bits per heavy atom. The fourth-order valence-corrected chi connectivity index (χ4v) is 4.65. The van der Waals surface area contributed by atoms with Crippen LogP contribution in [0.1, 0.15) is 74.4 Å². The van der Waals surface area contributed by atoms with Crippen molar-refractivity contribution in [3.8, 4) is 0 Å². The number of rotatable bonds is 2. The number of benzene rings is 1. The summed E-state index contributed by atoms with van der Waals surface area (Å²) < 4.78 is 0. The molecule has 1 aromatic carbocycles. The van der Waals surface area contributed by atoms with E-state index in [1.807, 2.05) is 13.0 Å². The van der Waals surface area contributed by atoms with Crippen molar-refractivity contribution < 1.29 is 14.7 Å². The zero-order chi connectivity index (χ0) is 17.0. The molecular weight excluding hydrogens is 288 g/mol. The SMILES string of the molecule is CC(C)c1ccc2c(c1)C(=O)C[C@H]1[C@@](C)(CO)C(=O)CC[C@]21C. The standard InChI is InChI=1S/C20H26O3/c1-12(2)13-5-6-15-14(9-13)16(22)10-17-19(15,3)8-7-18(23)20(17,4)11-21/h5-6,9,12,17,21H,7-8,10-11H2,1-4H3/t17-,19-,20-/m1/s1. The molecule has 0 spiro atoms. The molecule has 0 saturated heterocycles. The number of aliphatic hydroxyl groups is 1. The summed E-state index contributed by atoms with van der Waals surface area (Å²) in [4.78, 5) is 25.2. The van der Waals surface area contributed by atoms with Crippen LogP contribution in [0.4, 0.5) is 0 Å². The summed E-state index contributed by atoms with van der Waals surface area (Å²) >= 11 is 0. The van der Waals surface area contributed by atoms with E-state index in [1.165, 1.54) is 5.56 Å². The molecule has 0 bridgehead atoms. The van der Waals surface area contributed by atoms with E-state index < -0.39 is 5.41 Å². The van der Waals surface area contributed by atoms with E-state index in [1.54, 1.807) is 0 Å². The highest BCUT2D eigenvalue weighted by molar-refractivity contribution is 6.01. The highest BCUT2D eigenvalue weighted by atomic mass is 16.3. The Labute approximate surface area is 138 Å². The molecule has 0 aliphatic heterocycles. The van der Waals surface area contributed by atoms with Gasteiger partial charge in [0.05, 0.1) is 12.0 Å². The summed E-state index contributed by atoms with van der Waals surface area (Å²) in [7, 11) is 0. The van der Waals surface area contributed by atoms with Crippen LogP contribution in [0.15, 0.2) is 18.2 Å². The molecule has 0 heterocycles. The molecule has 1 fully saturated rings. The van der Waals surface area contributed by atoms with Crippen molar-refractivity contribution in [2.24, 2.45) is 11.3 Å². The van der Waals surface area contributed by atoms with Crippen LogP contribution in [0.3, 0.4) is 0 Å². The Balaban J connectivity index is 2.16. The molecule has 0 radical (unpaired) electrons. The van der Waals surface area contributed by atoms with Gasteiger partial charge in [0.1, 0.15) is 5.78 Å². The molecule has 3 heteroatoms. The number of ketones is 2. The number of hydrogen-bond acceptors (Lipinski definition) is 3. The van der Waals surface area contributed by atoms with Crippen LogP contribution in [0.2, 0.25) is 0 Å². The Kier molecular flexibility index (Phi) is 3.75. The van der Waals surface area contributed by atoms with Gasteiger partial charge in [-0.05, 0) is 40.9 Å². The zero-order valence-electron chi connectivity index (χ0n) is 14.5. The summed E-state index contributed by atoms with van der Waals surface area (Å²) in [6, 6.07) is 6.23. The summed E-state index contributed by atoms with van der Waals surface area (Å²) in [5.41, 5.74) is 2.04. The van der Waals surface area contributed by atoms with Gasteiger partial charge in [-0.25, -0.2) is 0 Å². The minimum Gasteiger partial charge on any atom is -0.395 e. The summed E-state index contributed by atoms with van der Waals surface area (Å²) in [5, 5.41) is 9.89. The summed E-state index contributed by atoms with van der Waals surface area (Å²) in [6.45, 7) is 8.07. The molecule has 3 nitrogen and oxygen atoms in total. The number of carbonyl (C=O) groups is 2. The first-order chi connectivity index (χ1) is 10.7. The highest BCUT2D eigenvalue weighted by Gasteiger charge is 2.57. The lowest BCUT2D eigenvalue weighted by atomic mass is 9.49. The van der Waals surface area contributed by atoms with Gasteiger partial charge in [-0.1, -0.05) is 39.8 Å². The van der Waals surface area contributed by atoms with Gasteiger partial charge in [-0.2, -0.15) is 0 Å². The van der Waals surface area contributed by atoms with Gasteiger partial charge in [0.15, 0.2) is 5.78 Å². The number of aliphatic hydroxyl groups excluding tert-OH is 1. The van der Waals surface area contributed by atoms with Crippen molar-refractivity contribution >= 4 is 11.6 Å². The van der Waals surface area contributed by atoms with E-state index >= 15 is 0 Å². The molecule has 124 valence electrons. The zero-order valence-corrected chi connectivity index (χ0v) is 14.5. The van der Waals surface area contributed by atoms with E-state index in [4.69, 9.17) is 0 Å². The molecule has 1 N–H and O–H groups in total. The van der Waals surface area contributed by atoms with Gasteiger partial charge in [0.25, 0.3) is 0 Å². The quantitative estimate of drug-likeness (QED) is 0.907. The van der Waals surface area contributed by atoms with Gasteiger partial charge < -0.3 is 5.11 Å². The van der Waals surface area contributed by atoms with Crippen molar-refractivity contribution in [3.05, 3.63) is 34.9 Å². The molecular formula is C20H26O3. The van der Waals surface area contributed by atoms with Gasteiger partial charge in [0, 0.05) is 18.4 Å². The van der Waals surface area contributed by atoms with Crippen LogP contribution in [-0.4, -0.2) is 23.3 Å². The lowest BCUT2D eigenvalue weighted by molar-refractivity contribution is -0.141. The van der Waals surface area contributed by atoms with E-state index in [-0.39, 0.29) is 29.5 Å². The number of carbonyl (C=O) groups excluding carboxylic acids is 2. The predicted octanol–water partition coefficient (Wildman–Crippen LogP) is 3.63. The van der Waals surface area contributed by atoms with Crippen molar-refractivity contribution in [2.45, 2.75) is 58.3 Å². The van der Waals surface area contributed by atoms with E-state index in [0.29, 0.717) is 18.8 Å². The minimum absolute atomic E-state index is 0.0949. The third kappa shape index (κ3) is 2.20. The van der Waals surface area contributed by atoms with Crippen LogP contribution in [0.25, 0.3) is 0 Å². The third-order valence-electron chi connectivity index (χ3n) is 6.39. The van der Waals surface area contributed by atoms with Gasteiger partial charge in [-0.3, -0.25) is 9.59 Å². The fourth-order valence-electron chi connectivity index (χ4n) is 4.65. The smallest absolute Gasteiger partial charge is 0.163 e. The first-order valence-corrected chi connectivity index (χ1v) is 8.56. The van der Waals surface area contributed by atoms with Crippen molar-refractivity contribution in [1.29, 1.82) is 0 Å². The molecule has 1 saturated carbocycles. The lowest BCUT2D eigenvalue weighted by Crippen LogP contribution is -2.56. The second kappa shape index (κ2) is 5.27. The van der Waals surface area contributed by atoms with Crippen molar-refractivity contribution in [2.75, 3.05) is 6.61 Å². The summed E-state index contributed by atoms with van der Waals surface area (Å²) in [5.74, 6) is 0.470. The van der Waals surface area contributed by atoms with Gasteiger partial charge >= 0.3 is 0 Å². The highest BCUT2D eigenvalue weighted by Crippen LogP contribution is 2.55. The largest absolute Gasteiger partial charge is 0.395 e. The average molecular weight is 314 g/mol. The third-order valence-corrected chi connectivity index (χ3v) is 6.39. The monoisotopic (exact) mass is 314 g/mol. The molecule has 2 aliphatic rings. The Morgan fingerprint density at radius 1 is 1.26 bits per heavy atom. The maximum atomic E-state index is 12.8. The van der Waals surface area contributed by atoms with E-state index in [2.05, 4.69) is 32.9 Å². The number of hydrogen-bond donors (Lipinski definition) is 1. The van der Waals surface area contributed by atoms with Crippen LogP contribution in [-0.2, 0) is 10.2 Å². The maximum Gasteiger partial charge on any atom is 0.163 e. The van der Waals surface area contributed by atoms with Gasteiger partial charge in [0.2, 0.25) is 0 Å². The first kappa shape index (κ1) is 16.4. The van der Waals surface area contributed by atoms with Crippen LogP contribution < -0.4 is 0 Å². The lowest BCUT2D eigenvalue weighted by Gasteiger charge is -2.53. The van der Waals surface area contributed by atoms with E-state index in [0.717, 1.165) is 17.5 Å². The Hall–Kier alpha value is -1.48. The molecule has 2 aliphatic carbocycles. The molecule has 3 rings (SSSR count).